The molecule has 1 amide bonds. The zero-order valence-electron chi connectivity index (χ0n) is 10.6. The molecule has 4 nitrogen and oxygen atoms in total. The van der Waals surface area contributed by atoms with Crippen molar-refractivity contribution in [1.82, 2.24) is 5.32 Å². The number of amides is 1. The highest BCUT2D eigenvalue weighted by Crippen LogP contribution is 2.07. The highest BCUT2D eigenvalue weighted by atomic mass is 19.1. The molecular weight excluding hydrogens is 237 g/mol. The van der Waals surface area contributed by atoms with Crippen molar-refractivity contribution >= 4 is 11.9 Å². The lowest BCUT2D eigenvalue weighted by Gasteiger charge is -2.18. The van der Waals surface area contributed by atoms with Gasteiger partial charge in [-0.05, 0) is 38.5 Å². The van der Waals surface area contributed by atoms with E-state index >= 15 is 0 Å². The first-order valence-electron chi connectivity index (χ1n) is 5.53. The average molecular weight is 253 g/mol. The summed E-state index contributed by atoms with van der Waals surface area (Å²) in [6.07, 6.45) is 0. The van der Waals surface area contributed by atoms with Gasteiger partial charge in [0.2, 0.25) is 0 Å². The molecule has 1 aromatic rings. The number of ether oxygens (including phenoxy) is 1. The fraction of sp³-hybridized carbons (Fsp3) is 0.385. The lowest BCUT2D eigenvalue weighted by Crippen LogP contribution is -2.36. The molecule has 0 aliphatic heterocycles. The van der Waals surface area contributed by atoms with Gasteiger partial charge in [0.15, 0.2) is 0 Å². The van der Waals surface area contributed by atoms with Crippen molar-refractivity contribution < 1.29 is 18.7 Å². The summed E-state index contributed by atoms with van der Waals surface area (Å²) in [5.41, 5.74) is -0.139. The number of benzene rings is 1. The molecule has 0 aliphatic rings. The Balaban J connectivity index is 2.49. The molecule has 0 heterocycles. The maximum Gasteiger partial charge on any atom is 0.397 e. The maximum absolute atomic E-state index is 12.9. The van der Waals surface area contributed by atoms with E-state index in [9.17, 15) is 14.0 Å². The van der Waals surface area contributed by atoms with E-state index in [0.29, 0.717) is 5.56 Å². The second-order valence-electron chi connectivity index (χ2n) is 4.81. The Morgan fingerprint density at radius 3 is 2.56 bits per heavy atom. The Morgan fingerprint density at radius 1 is 1.33 bits per heavy atom. The number of hydrogen-bond acceptors (Lipinski definition) is 3. The van der Waals surface area contributed by atoms with Gasteiger partial charge in [-0.3, -0.25) is 4.79 Å². The molecule has 0 aromatic heterocycles. The quantitative estimate of drug-likeness (QED) is 0.645. The van der Waals surface area contributed by atoms with E-state index < -0.39 is 17.5 Å². The fourth-order valence-electron chi connectivity index (χ4n) is 1.23. The van der Waals surface area contributed by atoms with E-state index in [1.165, 1.54) is 18.2 Å². The molecule has 0 saturated heterocycles. The van der Waals surface area contributed by atoms with Gasteiger partial charge in [0.1, 0.15) is 11.4 Å². The minimum Gasteiger partial charge on any atom is -0.453 e. The van der Waals surface area contributed by atoms with Gasteiger partial charge < -0.3 is 10.1 Å². The van der Waals surface area contributed by atoms with E-state index in [1.54, 1.807) is 26.8 Å². The van der Waals surface area contributed by atoms with Crippen molar-refractivity contribution in [3.8, 4) is 0 Å². The summed E-state index contributed by atoms with van der Waals surface area (Å²) in [5, 5.41) is 2.37. The SMILES string of the molecule is CC(C)(C)OC(=O)C(=O)NCc1cccc(F)c1. The minimum atomic E-state index is -0.945. The van der Waals surface area contributed by atoms with Crippen LogP contribution in [0.3, 0.4) is 0 Å². The monoisotopic (exact) mass is 253 g/mol. The van der Waals surface area contributed by atoms with E-state index in [-0.39, 0.29) is 12.4 Å². The van der Waals surface area contributed by atoms with Gasteiger partial charge in [0.25, 0.3) is 0 Å². The lowest BCUT2D eigenvalue weighted by atomic mass is 10.2. The van der Waals surface area contributed by atoms with Gasteiger partial charge in [-0.15, -0.1) is 0 Å². The first-order valence-corrected chi connectivity index (χ1v) is 5.53. The number of esters is 1. The third kappa shape index (κ3) is 4.95. The zero-order valence-corrected chi connectivity index (χ0v) is 10.6. The smallest absolute Gasteiger partial charge is 0.397 e. The normalized spacial score (nSPS) is 10.9. The van der Waals surface area contributed by atoms with Crippen LogP contribution in [0, 0.1) is 5.82 Å². The van der Waals surface area contributed by atoms with Gasteiger partial charge in [-0.2, -0.15) is 0 Å². The summed E-state index contributed by atoms with van der Waals surface area (Å²) >= 11 is 0. The van der Waals surface area contributed by atoms with Gasteiger partial charge in [0, 0.05) is 6.54 Å². The van der Waals surface area contributed by atoms with Crippen LogP contribution in [0.2, 0.25) is 0 Å². The summed E-state index contributed by atoms with van der Waals surface area (Å²) in [4.78, 5) is 22.7. The second-order valence-corrected chi connectivity index (χ2v) is 4.81. The van der Waals surface area contributed by atoms with Crippen LogP contribution in [0.15, 0.2) is 24.3 Å². The third-order valence-corrected chi connectivity index (χ3v) is 1.93. The molecule has 0 unspecified atom stereocenters. The molecule has 0 radical (unpaired) electrons. The van der Waals surface area contributed by atoms with Crippen LogP contribution in [0.4, 0.5) is 4.39 Å². The van der Waals surface area contributed by atoms with Crippen LogP contribution in [-0.4, -0.2) is 17.5 Å². The van der Waals surface area contributed by atoms with Crippen LogP contribution in [0.25, 0.3) is 0 Å². The summed E-state index contributed by atoms with van der Waals surface area (Å²) in [7, 11) is 0. The molecule has 0 saturated carbocycles. The molecule has 0 bridgehead atoms. The van der Waals surface area contributed by atoms with Gasteiger partial charge >= 0.3 is 11.9 Å². The molecule has 0 aliphatic carbocycles. The Bertz CT molecular complexity index is 452. The summed E-state index contributed by atoms with van der Waals surface area (Å²) in [6.45, 7) is 5.09. The second kappa shape index (κ2) is 5.62. The van der Waals surface area contributed by atoms with E-state index in [1.807, 2.05) is 0 Å². The molecule has 98 valence electrons. The Hall–Kier alpha value is -1.91. The molecule has 1 N–H and O–H groups in total. The highest BCUT2D eigenvalue weighted by molar-refractivity contribution is 6.32. The Kier molecular flexibility index (Phi) is 4.42. The topological polar surface area (TPSA) is 55.4 Å². The molecule has 0 spiro atoms. The maximum atomic E-state index is 12.9. The first kappa shape index (κ1) is 14.2. The van der Waals surface area contributed by atoms with Gasteiger partial charge in [0.05, 0.1) is 0 Å². The summed E-state index contributed by atoms with van der Waals surface area (Å²) in [6, 6.07) is 5.78. The third-order valence-electron chi connectivity index (χ3n) is 1.93. The Labute approximate surface area is 105 Å². The molecule has 1 aromatic carbocycles. The molecule has 1 rings (SSSR count). The van der Waals surface area contributed by atoms with Gasteiger partial charge in [-0.1, -0.05) is 12.1 Å². The summed E-state index contributed by atoms with van der Waals surface area (Å²) in [5.74, 6) is -2.17. The molecular formula is C13H16FNO3. The number of halogens is 1. The van der Waals surface area contributed by atoms with Crippen molar-refractivity contribution in [2.45, 2.75) is 32.9 Å². The first-order chi connectivity index (χ1) is 8.28. The minimum absolute atomic E-state index is 0.0792. The number of rotatable bonds is 2. The predicted octanol–water partition coefficient (Wildman–Crippen LogP) is 1.78. The highest BCUT2D eigenvalue weighted by Gasteiger charge is 2.22. The van der Waals surface area contributed by atoms with Crippen LogP contribution in [0.1, 0.15) is 26.3 Å². The van der Waals surface area contributed by atoms with Crippen LogP contribution in [0.5, 0.6) is 0 Å². The van der Waals surface area contributed by atoms with E-state index in [2.05, 4.69) is 5.32 Å². The van der Waals surface area contributed by atoms with Crippen molar-refractivity contribution in [2.24, 2.45) is 0 Å². The lowest BCUT2D eigenvalue weighted by molar-refractivity contribution is -0.163. The molecule has 0 fully saturated rings. The van der Waals surface area contributed by atoms with Crippen LogP contribution >= 0.6 is 0 Å². The van der Waals surface area contributed by atoms with Crippen LogP contribution < -0.4 is 5.32 Å². The molecule has 0 atom stereocenters. The molecule has 5 heteroatoms. The van der Waals surface area contributed by atoms with Gasteiger partial charge in [-0.25, -0.2) is 9.18 Å². The Morgan fingerprint density at radius 2 is 2.00 bits per heavy atom. The van der Waals surface area contributed by atoms with Crippen molar-refractivity contribution in [1.29, 1.82) is 0 Å². The fourth-order valence-corrected chi connectivity index (χ4v) is 1.23. The van der Waals surface area contributed by atoms with Crippen molar-refractivity contribution in [3.05, 3.63) is 35.6 Å². The van der Waals surface area contributed by atoms with E-state index in [0.717, 1.165) is 0 Å². The number of carbonyl (C=O) groups is 2. The predicted molar refractivity (Wildman–Crippen MR) is 64.1 cm³/mol. The number of hydrogen-bond donors (Lipinski definition) is 1. The standard InChI is InChI=1S/C13H16FNO3/c1-13(2,3)18-12(17)11(16)15-8-9-5-4-6-10(14)7-9/h4-7H,8H2,1-3H3,(H,15,16). The average Bonchev–Trinajstić information content (AvgIpc) is 2.23. The zero-order chi connectivity index (χ0) is 13.8. The van der Waals surface area contributed by atoms with Crippen molar-refractivity contribution in [3.63, 3.8) is 0 Å². The van der Waals surface area contributed by atoms with Crippen molar-refractivity contribution in [2.75, 3.05) is 0 Å². The molecule has 18 heavy (non-hydrogen) atoms. The van der Waals surface area contributed by atoms with E-state index in [4.69, 9.17) is 4.74 Å². The largest absolute Gasteiger partial charge is 0.453 e. The number of carbonyl (C=O) groups excluding carboxylic acids is 2. The van der Waals surface area contributed by atoms with Crippen LogP contribution in [-0.2, 0) is 20.9 Å². The number of nitrogens with one attached hydrogen (secondary N) is 1. The summed E-state index contributed by atoms with van der Waals surface area (Å²) < 4.78 is 17.8.